The molecule has 2 aliphatic carbocycles. The number of hydrogen-bond donors (Lipinski definition) is 1. The number of morpholine rings is 1. The van der Waals surface area contributed by atoms with E-state index in [1.807, 2.05) is 24.8 Å². The van der Waals surface area contributed by atoms with Gasteiger partial charge in [-0.3, -0.25) is 4.79 Å². The molecule has 2 aromatic heterocycles. The van der Waals surface area contributed by atoms with Gasteiger partial charge in [0, 0.05) is 43.2 Å². The van der Waals surface area contributed by atoms with Gasteiger partial charge in [-0.2, -0.15) is 4.98 Å². The Morgan fingerprint density at radius 2 is 1.97 bits per heavy atom. The Hall–Kier alpha value is -2.84. The van der Waals surface area contributed by atoms with Crippen LogP contribution < -0.4 is 4.74 Å². The minimum atomic E-state index is 0.0570. The second kappa shape index (κ2) is 9.23. The van der Waals surface area contributed by atoms with Crippen LogP contribution in [0.25, 0.3) is 16.7 Å². The standard InChI is InChI=1S/C27H32ClN5O3/c1-17(2)25(34)33-15-27(16-33)13-20(14-27)36-26-29-22-12-21(28)23(30-24(22)31-26)18-4-3-5-19(7-6-18)32-8-10-35-11-9-32/h4-7,12,17,20H,3,8-11,13-16H2,1-2H3,(H,29,30,31). The molecular weight excluding hydrogens is 478 g/mol. The fourth-order valence-corrected chi connectivity index (χ4v) is 5.95. The summed E-state index contributed by atoms with van der Waals surface area (Å²) in [5, 5.41) is 0.579. The van der Waals surface area contributed by atoms with E-state index in [4.69, 9.17) is 26.1 Å². The van der Waals surface area contributed by atoms with Gasteiger partial charge in [-0.25, -0.2) is 4.98 Å². The lowest BCUT2D eigenvalue weighted by atomic mass is 9.61. The molecule has 190 valence electrons. The van der Waals surface area contributed by atoms with Gasteiger partial charge in [0.15, 0.2) is 5.65 Å². The van der Waals surface area contributed by atoms with Crippen molar-refractivity contribution in [1.82, 2.24) is 24.8 Å². The Kier molecular flexibility index (Phi) is 6.04. The van der Waals surface area contributed by atoms with Crippen molar-refractivity contribution in [3.8, 4) is 6.01 Å². The molecule has 1 N–H and O–H groups in total. The molecule has 1 saturated carbocycles. The molecule has 2 aliphatic heterocycles. The van der Waals surface area contributed by atoms with Gasteiger partial charge in [-0.15, -0.1) is 0 Å². The smallest absolute Gasteiger partial charge is 0.296 e. The maximum atomic E-state index is 12.1. The average molecular weight is 510 g/mol. The molecule has 4 aliphatic rings. The number of pyridine rings is 1. The van der Waals surface area contributed by atoms with Crippen LogP contribution >= 0.6 is 11.6 Å². The molecule has 6 rings (SSSR count). The maximum absolute atomic E-state index is 12.1. The Morgan fingerprint density at radius 3 is 2.72 bits per heavy atom. The number of aromatic nitrogens is 3. The highest BCUT2D eigenvalue weighted by atomic mass is 35.5. The largest absolute Gasteiger partial charge is 0.461 e. The number of likely N-dealkylation sites (tertiary alicyclic amines) is 1. The van der Waals surface area contributed by atoms with Crippen LogP contribution in [0.5, 0.6) is 6.01 Å². The second-order valence-corrected chi connectivity index (χ2v) is 11.1. The third kappa shape index (κ3) is 4.41. The number of H-pyrrole nitrogens is 1. The fourth-order valence-electron chi connectivity index (χ4n) is 5.69. The SMILES string of the molecule is CC(C)C(=O)N1CC2(CC(Oc3nc4nc(C5=CCC=C(N6CCOCC6)C=C5)c(Cl)cc4[nH]3)C2)C1. The van der Waals surface area contributed by atoms with E-state index in [9.17, 15) is 4.79 Å². The quantitative estimate of drug-likeness (QED) is 0.650. The Balaban J connectivity index is 1.11. The molecule has 0 radical (unpaired) electrons. The van der Waals surface area contributed by atoms with Crippen LogP contribution in [0.3, 0.4) is 0 Å². The third-order valence-electron chi connectivity index (χ3n) is 7.61. The van der Waals surface area contributed by atoms with Crippen molar-refractivity contribution < 1.29 is 14.3 Å². The Morgan fingerprint density at radius 1 is 1.19 bits per heavy atom. The first kappa shape index (κ1) is 23.6. The molecule has 1 spiro atoms. The van der Waals surface area contributed by atoms with Crippen LogP contribution in [0.15, 0.2) is 36.1 Å². The third-order valence-corrected chi connectivity index (χ3v) is 7.90. The number of amides is 1. The van der Waals surface area contributed by atoms with Crippen molar-refractivity contribution in [2.45, 2.75) is 39.2 Å². The van der Waals surface area contributed by atoms with E-state index in [-0.39, 0.29) is 23.3 Å². The molecule has 0 atom stereocenters. The van der Waals surface area contributed by atoms with Gasteiger partial charge in [0.1, 0.15) is 6.10 Å². The van der Waals surface area contributed by atoms with E-state index in [0.29, 0.717) is 16.7 Å². The van der Waals surface area contributed by atoms with Crippen LogP contribution in [0.1, 0.15) is 38.8 Å². The molecule has 4 heterocycles. The number of carbonyl (C=O) groups is 1. The minimum Gasteiger partial charge on any atom is -0.461 e. The van der Waals surface area contributed by atoms with Gasteiger partial charge in [0.05, 0.1) is 29.4 Å². The first-order chi connectivity index (χ1) is 17.4. The number of allylic oxidation sites excluding steroid dienone is 5. The summed E-state index contributed by atoms with van der Waals surface area (Å²) in [6, 6.07) is 2.35. The van der Waals surface area contributed by atoms with Crippen molar-refractivity contribution >= 4 is 34.2 Å². The van der Waals surface area contributed by atoms with Crippen molar-refractivity contribution in [2.75, 3.05) is 39.4 Å². The van der Waals surface area contributed by atoms with Crippen molar-refractivity contribution in [1.29, 1.82) is 0 Å². The van der Waals surface area contributed by atoms with E-state index in [1.54, 1.807) is 0 Å². The first-order valence-corrected chi connectivity index (χ1v) is 13.2. The summed E-state index contributed by atoms with van der Waals surface area (Å²) in [7, 11) is 0. The monoisotopic (exact) mass is 509 g/mol. The Bertz CT molecular complexity index is 1260. The summed E-state index contributed by atoms with van der Waals surface area (Å²) in [5.74, 6) is 0.300. The molecule has 8 nitrogen and oxygen atoms in total. The highest BCUT2D eigenvalue weighted by Gasteiger charge is 2.55. The van der Waals surface area contributed by atoms with Crippen molar-refractivity contribution in [3.63, 3.8) is 0 Å². The molecule has 3 fully saturated rings. The molecule has 9 heteroatoms. The van der Waals surface area contributed by atoms with Crippen LogP contribution in [-0.2, 0) is 9.53 Å². The molecule has 2 aromatic rings. The molecular formula is C27H32ClN5O3. The summed E-state index contributed by atoms with van der Waals surface area (Å²) in [6.07, 6.45) is 11.4. The molecule has 0 aromatic carbocycles. The number of nitrogens with zero attached hydrogens (tertiary/aromatic N) is 4. The van der Waals surface area contributed by atoms with E-state index < -0.39 is 0 Å². The molecule has 1 amide bonds. The number of aromatic amines is 1. The van der Waals surface area contributed by atoms with E-state index in [2.05, 4.69) is 39.2 Å². The number of ether oxygens (including phenoxy) is 2. The number of hydrogen-bond acceptors (Lipinski definition) is 6. The van der Waals surface area contributed by atoms with Gasteiger partial charge in [0.25, 0.3) is 6.01 Å². The lowest BCUT2D eigenvalue weighted by Crippen LogP contribution is -2.66. The van der Waals surface area contributed by atoms with E-state index in [1.165, 1.54) is 5.70 Å². The lowest BCUT2D eigenvalue weighted by molar-refractivity contribution is -0.163. The van der Waals surface area contributed by atoms with Crippen molar-refractivity contribution in [2.24, 2.45) is 11.3 Å². The van der Waals surface area contributed by atoms with Gasteiger partial charge in [-0.05, 0) is 37.0 Å². The topological polar surface area (TPSA) is 83.6 Å². The predicted octanol–water partition coefficient (Wildman–Crippen LogP) is 4.20. The number of halogens is 1. The first-order valence-electron chi connectivity index (χ1n) is 12.8. The number of carbonyl (C=O) groups excluding carboxylic acids is 1. The zero-order valence-electron chi connectivity index (χ0n) is 20.8. The number of rotatable bonds is 5. The lowest BCUT2D eigenvalue weighted by Gasteiger charge is -2.58. The van der Waals surface area contributed by atoms with Crippen LogP contribution in [0, 0.1) is 11.3 Å². The number of fused-ring (bicyclic) bond motifs is 1. The van der Waals surface area contributed by atoms with E-state index in [0.717, 1.165) is 75.4 Å². The average Bonchev–Trinajstić information content (AvgIpc) is 3.04. The molecule has 2 saturated heterocycles. The van der Waals surface area contributed by atoms with Crippen LogP contribution in [-0.4, -0.2) is 76.2 Å². The summed E-state index contributed by atoms with van der Waals surface area (Å²) in [6.45, 7) is 8.93. The van der Waals surface area contributed by atoms with Gasteiger partial charge < -0.3 is 24.3 Å². The highest BCUT2D eigenvalue weighted by molar-refractivity contribution is 6.32. The predicted molar refractivity (Wildman–Crippen MR) is 139 cm³/mol. The summed E-state index contributed by atoms with van der Waals surface area (Å²) < 4.78 is 11.6. The van der Waals surface area contributed by atoms with Gasteiger partial charge in [0.2, 0.25) is 5.91 Å². The zero-order valence-corrected chi connectivity index (χ0v) is 21.6. The van der Waals surface area contributed by atoms with Crippen LogP contribution in [0.4, 0.5) is 0 Å². The zero-order chi connectivity index (χ0) is 24.9. The highest BCUT2D eigenvalue weighted by Crippen LogP contribution is 2.49. The summed E-state index contributed by atoms with van der Waals surface area (Å²) >= 11 is 6.65. The summed E-state index contributed by atoms with van der Waals surface area (Å²) in [4.78, 5) is 29.1. The van der Waals surface area contributed by atoms with Gasteiger partial charge >= 0.3 is 0 Å². The van der Waals surface area contributed by atoms with E-state index >= 15 is 0 Å². The normalized spacial score (nSPS) is 21.8. The minimum absolute atomic E-state index is 0.0570. The maximum Gasteiger partial charge on any atom is 0.296 e. The Labute approximate surface area is 216 Å². The molecule has 0 unspecified atom stereocenters. The number of nitrogens with one attached hydrogen (secondary N) is 1. The second-order valence-electron chi connectivity index (χ2n) is 10.7. The molecule has 0 bridgehead atoms. The fraction of sp³-hybridized carbons (Fsp3) is 0.519. The number of imidazole rings is 1. The molecule has 36 heavy (non-hydrogen) atoms. The van der Waals surface area contributed by atoms with Crippen LogP contribution in [0.2, 0.25) is 5.02 Å². The summed E-state index contributed by atoms with van der Waals surface area (Å²) in [5.41, 5.74) is 4.49. The van der Waals surface area contributed by atoms with Crippen molar-refractivity contribution in [3.05, 3.63) is 46.8 Å². The van der Waals surface area contributed by atoms with Gasteiger partial charge in [-0.1, -0.05) is 43.7 Å².